The van der Waals surface area contributed by atoms with Crippen LogP contribution in [0.5, 0.6) is 5.75 Å². The first-order valence-electron chi connectivity index (χ1n) is 17.2. The number of hydrogen-bond acceptors (Lipinski definition) is 5. The highest BCUT2D eigenvalue weighted by Gasteiger charge is 2.85. The van der Waals surface area contributed by atoms with E-state index in [2.05, 4.69) is 11.7 Å². The van der Waals surface area contributed by atoms with Crippen LogP contribution in [0.1, 0.15) is 99.2 Å². The van der Waals surface area contributed by atoms with E-state index in [-0.39, 0.29) is 42.1 Å². The van der Waals surface area contributed by atoms with E-state index in [1.54, 1.807) is 26.8 Å². The maximum atomic E-state index is 14.7. The zero-order valence-corrected chi connectivity index (χ0v) is 29.2. The van der Waals surface area contributed by atoms with Gasteiger partial charge in [0.2, 0.25) is 0 Å². The third-order valence-electron chi connectivity index (χ3n) is 10.8. The van der Waals surface area contributed by atoms with Crippen LogP contribution < -0.4 is 4.74 Å². The first-order chi connectivity index (χ1) is 24.0. The molecule has 0 radical (unpaired) electrons. The molecule has 0 spiro atoms. The van der Waals surface area contributed by atoms with Crippen LogP contribution in [0.4, 0.5) is 43.9 Å². The molecular weight excluding hydrogens is 714 g/mol. The number of rotatable bonds is 10. The van der Waals surface area contributed by atoms with Crippen LogP contribution in [0.15, 0.2) is 36.4 Å². The van der Waals surface area contributed by atoms with Gasteiger partial charge in [-0.15, -0.1) is 0 Å². The van der Waals surface area contributed by atoms with Crippen LogP contribution in [-0.2, 0) is 27.2 Å². The molecule has 5 atom stereocenters. The molecule has 0 unspecified atom stereocenters. The fourth-order valence-electron chi connectivity index (χ4n) is 8.43. The molecule has 0 amide bonds. The molecule has 0 saturated heterocycles. The highest BCUT2D eigenvalue weighted by molar-refractivity contribution is 5.90. The van der Waals surface area contributed by atoms with E-state index in [1.165, 1.54) is 17.7 Å². The summed E-state index contributed by atoms with van der Waals surface area (Å²) >= 11 is 0. The summed E-state index contributed by atoms with van der Waals surface area (Å²) in [4.78, 5) is 12.3. The Bertz CT molecular complexity index is 1560. The topological polar surface area (TPSA) is 54.0 Å². The molecule has 0 heterocycles. The quantitative estimate of drug-likeness (QED) is 0.137. The van der Waals surface area contributed by atoms with Crippen LogP contribution >= 0.6 is 0 Å². The van der Waals surface area contributed by atoms with Gasteiger partial charge in [0.05, 0.1) is 18.3 Å². The first-order valence-corrected chi connectivity index (χ1v) is 17.2. The van der Waals surface area contributed by atoms with Gasteiger partial charge in [-0.3, -0.25) is 0 Å². The molecule has 2 aromatic rings. The largest absolute Gasteiger partial charge is 0.489 e. The molecule has 2 aromatic carbocycles. The molecular formula is C37H42F10O5. The Morgan fingerprint density at radius 1 is 0.846 bits per heavy atom. The Morgan fingerprint density at radius 3 is 2.13 bits per heavy atom. The molecule has 0 N–H and O–H groups in total. The zero-order chi connectivity index (χ0) is 38.5. The highest BCUT2D eigenvalue weighted by Crippen LogP contribution is 2.62. The fraction of sp³-hybridized carbons (Fsp3) is 0.649. The van der Waals surface area contributed by atoms with Gasteiger partial charge in [0.1, 0.15) is 23.8 Å². The molecule has 15 heteroatoms. The van der Waals surface area contributed by atoms with Crippen molar-refractivity contribution < 1.29 is 67.6 Å². The lowest BCUT2D eigenvalue weighted by molar-refractivity contribution is -0.457. The van der Waals surface area contributed by atoms with Crippen LogP contribution in [0.2, 0.25) is 0 Å². The summed E-state index contributed by atoms with van der Waals surface area (Å²) in [5, 5.41) is 0. The molecule has 5 nitrogen and oxygen atoms in total. The van der Waals surface area contributed by atoms with Crippen LogP contribution in [-0.4, -0.2) is 55.0 Å². The minimum atomic E-state index is -6.76. The Morgan fingerprint density at radius 2 is 1.52 bits per heavy atom. The standard InChI is InChI=1S/C37H42F10O5/c1-32(2,3)52-31(48)27-9-6-21(18-29(27)38)20-50-23-8-11-24-22(19-23)7-10-26-25(24)14-15-33(4)28(26)12-13-30(33)49-16-5-17-51-34(35(39,40)41,36(42,43)44)37(45,46)47/h6,8-9,11,18-19,25-26,28,30H,5,7,10,12-17,20H2,1-4H3/t25-,26-,28+,30+,33+/m1/s1. The second kappa shape index (κ2) is 14.3. The third kappa shape index (κ3) is 7.76. The minimum Gasteiger partial charge on any atom is -0.489 e. The van der Waals surface area contributed by atoms with Gasteiger partial charge in [-0.05, 0) is 130 Å². The molecule has 290 valence electrons. The van der Waals surface area contributed by atoms with Crippen molar-refractivity contribution in [1.82, 2.24) is 0 Å². The van der Waals surface area contributed by atoms with Crippen molar-refractivity contribution in [3.8, 4) is 5.75 Å². The van der Waals surface area contributed by atoms with E-state index in [4.69, 9.17) is 14.2 Å². The molecule has 0 bridgehead atoms. The maximum absolute atomic E-state index is 14.7. The molecule has 3 aliphatic rings. The van der Waals surface area contributed by atoms with Gasteiger partial charge in [0.15, 0.2) is 0 Å². The van der Waals surface area contributed by atoms with Crippen molar-refractivity contribution in [2.45, 2.75) is 121 Å². The summed E-state index contributed by atoms with van der Waals surface area (Å²) in [6.07, 6.45) is -16.6. The Kier molecular flexibility index (Phi) is 11.0. The number of carbonyl (C=O) groups is 1. The van der Waals surface area contributed by atoms with Gasteiger partial charge in [0, 0.05) is 6.61 Å². The van der Waals surface area contributed by atoms with Crippen LogP contribution in [0, 0.1) is 23.1 Å². The number of fused-ring (bicyclic) bond motifs is 5. The van der Waals surface area contributed by atoms with Crippen molar-refractivity contribution >= 4 is 5.97 Å². The average Bonchev–Trinajstić information content (AvgIpc) is 3.34. The number of alkyl halides is 9. The second-order valence-corrected chi connectivity index (χ2v) is 15.2. The lowest BCUT2D eigenvalue weighted by Gasteiger charge is -2.50. The number of hydrogen-bond donors (Lipinski definition) is 0. The second-order valence-electron chi connectivity index (χ2n) is 15.2. The van der Waals surface area contributed by atoms with Gasteiger partial charge in [-0.1, -0.05) is 19.1 Å². The summed E-state index contributed by atoms with van der Waals surface area (Å²) in [7, 11) is 0. The minimum absolute atomic E-state index is 0.0815. The Labute approximate surface area is 295 Å². The van der Waals surface area contributed by atoms with Gasteiger partial charge < -0.3 is 18.9 Å². The molecule has 2 saturated carbocycles. The summed E-state index contributed by atoms with van der Waals surface area (Å²) < 4.78 is 154. The molecule has 0 aliphatic heterocycles. The van der Waals surface area contributed by atoms with Crippen molar-refractivity contribution in [2.75, 3.05) is 13.2 Å². The predicted molar refractivity (Wildman–Crippen MR) is 168 cm³/mol. The fourth-order valence-corrected chi connectivity index (χ4v) is 8.43. The van der Waals surface area contributed by atoms with E-state index in [0.29, 0.717) is 23.7 Å². The van der Waals surface area contributed by atoms with E-state index >= 15 is 0 Å². The molecule has 3 aliphatic carbocycles. The van der Waals surface area contributed by atoms with Gasteiger partial charge in [-0.2, -0.15) is 39.5 Å². The predicted octanol–water partition coefficient (Wildman–Crippen LogP) is 10.4. The smallest absolute Gasteiger partial charge is 0.435 e. The summed E-state index contributed by atoms with van der Waals surface area (Å²) in [6.45, 7) is 5.44. The number of benzene rings is 2. The zero-order valence-electron chi connectivity index (χ0n) is 29.2. The Hall–Kier alpha value is -3.07. The van der Waals surface area contributed by atoms with Gasteiger partial charge >= 0.3 is 30.1 Å². The summed E-state index contributed by atoms with van der Waals surface area (Å²) in [5.41, 5.74) is -4.63. The SMILES string of the molecule is CC(C)(C)OC(=O)c1ccc(COc2ccc3c(c2)CC[C@@H]2[C@@H]3CC[C@]3(C)[C@@H](OCCCOC(C(F)(F)F)(C(F)(F)F)C(F)(F)F)CC[C@@H]23)cc1F. The van der Waals surface area contributed by atoms with E-state index in [1.807, 2.05) is 18.2 Å². The first kappa shape index (κ1) is 40.1. The lowest BCUT2D eigenvalue weighted by atomic mass is 9.55. The molecule has 0 aromatic heterocycles. The molecule has 52 heavy (non-hydrogen) atoms. The van der Waals surface area contributed by atoms with Crippen LogP contribution in [0.25, 0.3) is 0 Å². The number of carbonyl (C=O) groups excluding carboxylic acids is 1. The van der Waals surface area contributed by atoms with Crippen LogP contribution in [0.3, 0.4) is 0 Å². The van der Waals surface area contributed by atoms with Gasteiger partial charge in [0.25, 0.3) is 0 Å². The normalized spacial score (nSPS) is 25.3. The van der Waals surface area contributed by atoms with Crippen molar-refractivity contribution in [1.29, 1.82) is 0 Å². The number of esters is 1. The summed E-state index contributed by atoms with van der Waals surface area (Å²) in [6, 6.07) is 10.1. The van der Waals surface area contributed by atoms with Crippen molar-refractivity contribution in [3.05, 3.63) is 64.5 Å². The summed E-state index contributed by atoms with van der Waals surface area (Å²) in [5.74, 6) is -0.0264. The third-order valence-corrected chi connectivity index (χ3v) is 10.8. The molecule has 2 fully saturated rings. The average molecular weight is 757 g/mol. The van der Waals surface area contributed by atoms with Gasteiger partial charge in [-0.25, -0.2) is 9.18 Å². The maximum Gasteiger partial charge on any atom is 0.435 e. The van der Waals surface area contributed by atoms with E-state index in [9.17, 15) is 48.7 Å². The van der Waals surface area contributed by atoms with E-state index in [0.717, 1.165) is 37.7 Å². The number of aryl methyl sites for hydroxylation is 1. The molecule has 5 rings (SSSR count). The monoisotopic (exact) mass is 756 g/mol. The lowest BCUT2D eigenvalue weighted by Crippen LogP contribution is -2.67. The van der Waals surface area contributed by atoms with Crippen molar-refractivity contribution in [2.24, 2.45) is 17.3 Å². The number of halogens is 10. The van der Waals surface area contributed by atoms with E-state index < -0.39 is 54.5 Å². The highest BCUT2D eigenvalue weighted by atomic mass is 19.4. The van der Waals surface area contributed by atoms with Crippen molar-refractivity contribution in [3.63, 3.8) is 0 Å². The number of ether oxygens (including phenoxy) is 4. The Balaban J connectivity index is 1.16.